The molecule has 0 spiro atoms. The molecule has 2 heterocycles. The van der Waals surface area contributed by atoms with E-state index < -0.39 is 11.9 Å². The fraction of sp³-hybridized carbons (Fsp3) is 0.100. The Balaban J connectivity index is 1.66. The lowest BCUT2D eigenvalue weighted by Gasteiger charge is -2.13. The number of aromatic nitrogens is 3. The van der Waals surface area contributed by atoms with Gasteiger partial charge < -0.3 is 9.67 Å². The molecule has 4 rings (SSSR count). The molecular weight excluding hydrogens is 352 g/mol. The van der Waals surface area contributed by atoms with Crippen LogP contribution in [0.5, 0.6) is 0 Å². The molecule has 4 aromatic rings. The van der Waals surface area contributed by atoms with Gasteiger partial charge in [-0.15, -0.1) is 0 Å². The predicted molar refractivity (Wildman–Crippen MR) is 96.2 cm³/mol. The van der Waals surface area contributed by atoms with Crippen molar-refractivity contribution in [3.8, 4) is 11.3 Å². The third kappa shape index (κ3) is 3.37. The SMILES string of the molecule is O=c1c2cc(-c3ccc(F)cc3)nn2ccn1C[C@@H](O)c1ccc(F)cc1. The van der Waals surface area contributed by atoms with E-state index in [4.69, 9.17) is 0 Å². The van der Waals surface area contributed by atoms with Crippen molar-refractivity contribution in [1.29, 1.82) is 0 Å². The smallest absolute Gasteiger partial charge is 0.276 e. The van der Waals surface area contributed by atoms with Gasteiger partial charge in [-0.25, -0.2) is 13.3 Å². The van der Waals surface area contributed by atoms with Crippen molar-refractivity contribution in [2.45, 2.75) is 12.6 Å². The zero-order valence-corrected chi connectivity index (χ0v) is 14.1. The second-order valence-electron chi connectivity index (χ2n) is 6.19. The highest BCUT2D eigenvalue weighted by atomic mass is 19.1. The molecule has 0 fully saturated rings. The molecule has 0 aliphatic carbocycles. The van der Waals surface area contributed by atoms with Crippen molar-refractivity contribution in [3.05, 3.63) is 94.5 Å². The summed E-state index contributed by atoms with van der Waals surface area (Å²) in [5, 5.41) is 14.7. The van der Waals surface area contributed by atoms with E-state index >= 15 is 0 Å². The number of fused-ring (bicyclic) bond motifs is 1. The molecule has 5 nitrogen and oxygen atoms in total. The molecule has 136 valence electrons. The standard InChI is InChI=1S/C20H15F2N3O2/c21-15-5-1-13(2-6-15)17-11-18-20(27)24(9-10-25(18)23-17)12-19(26)14-3-7-16(22)8-4-14/h1-11,19,26H,12H2/t19-/m1/s1. The van der Waals surface area contributed by atoms with E-state index in [-0.39, 0.29) is 17.9 Å². The van der Waals surface area contributed by atoms with Crippen LogP contribution in [-0.2, 0) is 6.54 Å². The Bertz CT molecular complexity index is 1150. The number of benzene rings is 2. The second kappa shape index (κ2) is 6.77. The van der Waals surface area contributed by atoms with Crippen molar-refractivity contribution >= 4 is 5.52 Å². The molecule has 1 atom stereocenters. The van der Waals surface area contributed by atoms with E-state index in [0.717, 1.165) is 0 Å². The van der Waals surface area contributed by atoms with Crippen LogP contribution in [0, 0.1) is 11.6 Å². The predicted octanol–water partition coefficient (Wildman–Crippen LogP) is 3.17. The van der Waals surface area contributed by atoms with Gasteiger partial charge in [-0.3, -0.25) is 4.79 Å². The maximum absolute atomic E-state index is 13.1. The Morgan fingerprint density at radius 1 is 0.963 bits per heavy atom. The Hall–Kier alpha value is -3.32. The number of hydrogen-bond donors (Lipinski definition) is 1. The molecular formula is C20H15F2N3O2. The topological polar surface area (TPSA) is 59.5 Å². The van der Waals surface area contributed by atoms with E-state index in [0.29, 0.717) is 22.3 Å². The van der Waals surface area contributed by atoms with E-state index in [2.05, 4.69) is 5.10 Å². The van der Waals surface area contributed by atoms with Crippen LogP contribution < -0.4 is 5.56 Å². The van der Waals surface area contributed by atoms with Crippen molar-refractivity contribution < 1.29 is 13.9 Å². The molecule has 0 aliphatic rings. The van der Waals surface area contributed by atoms with Crippen LogP contribution in [0.3, 0.4) is 0 Å². The van der Waals surface area contributed by atoms with Gasteiger partial charge in [0.15, 0.2) is 0 Å². The minimum absolute atomic E-state index is 0.0258. The first kappa shape index (κ1) is 17.1. The fourth-order valence-electron chi connectivity index (χ4n) is 2.91. The summed E-state index contributed by atoms with van der Waals surface area (Å²) in [4.78, 5) is 12.7. The summed E-state index contributed by atoms with van der Waals surface area (Å²) in [7, 11) is 0. The summed E-state index contributed by atoms with van der Waals surface area (Å²) in [6.45, 7) is 0.0258. The first-order chi connectivity index (χ1) is 13.0. The molecule has 2 aromatic heterocycles. The molecule has 0 bridgehead atoms. The quantitative estimate of drug-likeness (QED) is 0.603. The van der Waals surface area contributed by atoms with Gasteiger partial charge in [-0.2, -0.15) is 5.10 Å². The Labute approximate surface area is 152 Å². The van der Waals surface area contributed by atoms with Crippen LogP contribution in [0.4, 0.5) is 8.78 Å². The first-order valence-corrected chi connectivity index (χ1v) is 8.29. The summed E-state index contributed by atoms with van der Waals surface area (Å²) in [6, 6.07) is 12.9. The van der Waals surface area contributed by atoms with E-state index in [1.54, 1.807) is 24.4 Å². The number of aliphatic hydroxyl groups is 1. The molecule has 0 saturated carbocycles. The number of aliphatic hydroxyl groups excluding tert-OH is 1. The summed E-state index contributed by atoms with van der Waals surface area (Å²) < 4.78 is 28.9. The van der Waals surface area contributed by atoms with Crippen LogP contribution in [0.25, 0.3) is 16.8 Å². The molecule has 0 unspecified atom stereocenters. The zero-order valence-electron chi connectivity index (χ0n) is 14.1. The first-order valence-electron chi connectivity index (χ1n) is 8.29. The number of halogens is 2. The molecule has 0 radical (unpaired) electrons. The van der Waals surface area contributed by atoms with Gasteiger partial charge >= 0.3 is 0 Å². The summed E-state index contributed by atoms with van der Waals surface area (Å²) in [5.41, 5.74) is 1.77. The lowest BCUT2D eigenvalue weighted by Crippen LogP contribution is -2.24. The van der Waals surface area contributed by atoms with Gasteiger partial charge in [0, 0.05) is 18.0 Å². The minimum atomic E-state index is -0.953. The minimum Gasteiger partial charge on any atom is -0.387 e. The molecule has 2 aromatic carbocycles. The van der Waals surface area contributed by atoms with Gasteiger partial charge in [0.2, 0.25) is 0 Å². The average molecular weight is 367 g/mol. The number of rotatable bonds is 4. The summed E-state index contributed by atoms with van der Waals surface area (Å²) >= 11 is 0. The van der Waals surface area contributed by atoms with Gasteiger partial charge in [0.05, 0.1) is 18.3 Å². The van der Waals surface area contributed by atoms with Crippen molar-refractivity contribution in [3.63, 3.8) is 0 Å². The van der Waals surface area contributed by atoms with E-state index in [9.17, 15) is 18.7 Å². The lowest BCUT2D eigenvalue weighted by molar-refractivity contribution is 0.155. The van der Waals surface area contributed by atoms with Crippen molar-refractivity contribution in [2.75, 3.05) is 0 Å². The van der Waals surface area contributed by atoms with Crippen LogP contribution in [0.2, 0.25) is 0 Å². The zero-order chi connectivity index (χ0) is 19.0. The second-order valence-corrected chi connectivity index (χ2v) is 6.19. The highest BCUT2D eigenvalue weighted by Gasteiger charge is 2.13. The maximum atomic E-state index is 13.1. The van der Waals surface area contributed by atoms with Crippen LogP contribution in [-0.4, -0.2) is 19.3 Å². The van der Waals surface area contributed by atoms with Crippen LogP contribution in [0.15, 0.2) is 71.8 Å². The maximum Gasteiger partial charge on any atom is 0.276 e. The van der Waals surface area contributed by atoms with Gasteiger partial charge in [-0.05, 0) is 48.0 Å². The van der Waals surface area contributed by atoms with Gasteiger partial charge in [-0.1, -0.05) is 12.1 Å². The highest BCUT2D eigenvalue weighted by molar-refractivity contribution is 5.65. The summed E-state index contributed by atoms with van der Waals surface area (Å²) in [6.07, 6.45) is 2.19. The summed E-state index contributed by atoms with van der Waals surface area (Å²) in [5.74, 6) is -0.739. The Morgan fingerprint density at radius 3 is 2.26 bits per heavy atom. The molecule has 0 saturated heterocycles. The normalized spacial score (nSPS) is 12.4. The van der Waals surface area contributed by atoms with E-state index in [1.165, 1.54) is 51.7 Å². The van der Waals surface area contributed by atoms with Crippen LogP contribution in [0.1, 0.15) is 11.7 Å². The monoisotopic (exact) mass is 367 g/mol. The molecule has 1 N–H and O–H groups in total. The van der Waals surface area contributed by atoms with Gasteiger partial charge in [0.25, 0.3) is 5.56 Å². The number of nitrogens with zero attached hydrogens (tertiary/aromatic N) is 3. The van der Waals surface area contributed by atoms with Crippen molar-refractivity contribution in [2.24, 2.45) is 0 Å². The third-order valence-electron chi connectivity index (χ3n) is 4.37. The molecule has 7 heteroatoms. The molecule has 0 aliphatic heterocycles. The van der Waals surface area contributed by atoms with E-state index in [1.807, 2.05) is 0 Å². The molecule has 0 amide bonds. The Morgan fingerprint density at radius 2 is 1.59 bits per heavy atom. The third-order valence-corrected chi connectivity index (χ3v) is 4.37. The highest BCUT2D eigenvalue weighted by Crippen LogP contribution is 2.19. The fourth-order valence-corrected chi connectivity index (χ4v) is 2.91. The number of hydrogen-bond acceptors (Lipinski definition) is 3. The Kier molecular flexibility index (Phi) is 4.29. The van der Waals surface area contributed by atoms with Crippen LogP contribution >= 0.6 is 0 Å². The van der Waals surface area contributed by atoms with Gasteiger partial charge in [0.1, 0.15) is 17.2 Å². The largest absolute Gasteiger partial charge is 0.387 e. The molecule has 27 heavy (non-hydrogen) atoms. The average Bonchev–Trinajstić information content (AvgIpc) is 3.10. The lowest BCUT2D eigenvalue weighted by atomic mass is 10.1. The van der Waals surface area contributed by atoms with Crippen molar-refractivity contribution in [1.82, 2.24) is 14.2 Å².